The van der Waals surface area contributed by atoms with Crippen LogP contribution in [0.4, 0.5) is 0 Å². The summed E-state index contributed by atoms with van der Waals surface area (Å²) in [5.41, 5.74) is -0.167. The predicted octanol–water partition coefficient (Wildman–Crippen LogP) is -0.539. The quantitative estimate of drug-likeness (QED) is 0.760. The van der Waals surface area contributed by atoms with Gasteiger partial charge in [-0.1, -0.05) is 0 Å². The number of primary sulfonamides is 1. The minimum atomic E-state index is -4.12. The number of carbonyl (C=O) groups is 1. The highest BCUT2D eigenvalue weighted by molar-refractivity contribution is 7.91. The number of carbonyl (C=O) groups excluding carboxylic acids is 1. The largest absolute Gasteiger partial charge is 0.464 e. The van der Waals surface area contributed by atoms with Gasteiger partial charge in [0.05, 0.1) is 11.5 Å². The molecule has 2 rings (SSSR count). The van der Waals surface area contributed by atoms with Crippen LogP contribution in [-0.4, -0.2) is 40.3 Å². The molecule has 1 amide bonds. The van der Waals surface area contributed by atoms with Crippen molar-refractivity contribution < 1.29 is 26.0 Å². The first-order valence-electron chi connectivity index (χ1n) is 6.15. The first-order chi connectivity index (χ1) is 9.51. The summed E-state index contributed by atoms with van der Waals surface area (Å²) in [7, 11) is -7.27. The Balaban J connectivity index is 2.33. The molecular formula is C11H16N2O6S2. The number of sulfonamides is 1. The fourth-order valence-electron chi connectivity index (χ4n) is 2.43. The highest BCUT2D eigenvalue weighted by Gasteiger charge is 2.33. The maximum Gasteiger partial charge on any atom is 0.256 e. The normalized spacial score (nSPS) is 21.4. The molecule has 1 fully saturated rings. The van der Waals surface area contributed by atoms with Crippen LogP contribution < -0.4 is 10.5 Å². The van der Waals surface area contributed by atoms with Gasteiger partial charge in [0.1, 0.15) is 22.0 Å². The summed E-state index contributed by atoms with van der Waals surface area (Å²) >= 11 is 0. The number of nitrogens with one attached hydrogen (secondary N) is 1. The SMILES string of the molecule is Cc1oc(C)c(S(N)(=O)=O)c1C(=O)N[C@H]1CCS(=O)(=O)C1. The Labute approximate surface area is 122 Å². The van der Waals surface area contributed by atoms with E-state index in [9.17, 15) is 21.6 Å². The first-order valence-corrected chi connectivity index (χ1v) is 9.52. The minimum absolute atomic E-state index is 0.00336. The summed E-state index contributed by atoms with van der Waals surface area (Å²) in [5, 5.41) is 7.62. The van der Waals surface area contributed by atoms with Crippen LogP contribution in [0.25, 0.3) is 0 Å². The van der Waals surface area contributed by atoms with Crippen molar-refractivity contribution in [3.63, 3.8) is 0 Å². The number of amides is 1. The van der Waals surface area contributed by atoms with Crippen LogP contribution in [0.15, 0.2) is 9.31 Å². The molecule has 21 heavy (non-hydrogen) atoms. The number of rotatable bonds is 3. The minimum Gasteiger partial charge on any atom is -0.464 e. The highest BCUT2D eigenvalue weighted by Crippen LogP contribution is 2.26. The van der Waals surface area contributed by atoms with Gasteiger partial charge in [-0.3, -0.25) is 4.79 Å². The lowest BCUT2D eigenvalue weighted by molar-refractivity contribution is 0.0936. The first kappa shape index (κ1) is 16.0. The fraction of sp³-hybridized carbons (Fsp3) is 0.545. The van der Waals surface area contributed by atoms with Gasteiger partial charge in [-0.15, -0.1) is 0 Å². The fourth-order valence-corrected chi connectivity index (χ4v) is 5.07. The van der Waals surface area contributed by atoms with E-state index in [1.54, 1.807) is 0 Å². The molecule has 1 aromatic heterocycles. The van der Waals surface area contributed by atoms with E-state index in [1.165, 1.54) is 13.8 Å². The number of hydrogen-bond acceptors (Lipinski definition) is 6. The molecule has 1 saturated heterocycles. The van der Waals surface area contributed by atoms with Crippen LogP contribution in [0.1, 0.15) is 28.3 Å². The van der Waals surface area contributed by atoms with Crippen molar-refractivity contribution in [3.05, 3.63) is 17.1 Å². The van der Waals surface area contributed by atoms with Gasteiger partial charge in [0.15, 0.2) is 9.84 Å². The molecule has 0 radical (unpaired) electrons. The summed E-state index contributed by atoms with van der Waals surface area (Å²) in [5.74, 6) is -0.701. The molecule has 2 heterocycles. The van der Waals surface area contributed by atoms with Crippen LogP contribution in [-0.2, 0) is 19.9 Å². The molecule has 0 unspecified atom stereocenters. The molecule has 0 bridgehead atoms. The van der Waals surface area contributed by atoms with E-state index in [0.29, 0.717) is 6.42 Å². The Kier molecular flexibility index (Phi) is 3.89. The molecular weight excluding hydrogens is 320 g/mol. The lowest BCUT2D eigenvalue weighted by atomic mass is 10.2. The van der Waals surface area contributed by atoms with Gasteiger partial charge >= 0.3 is 0 Å². The van der Waals surface area contributed by atoms with Gasteiger partial charge in [0.25, 0.3) is 5.91 Å². The van der Waals surface area contributed by atoms with E-state index in [2.05, 4.69) is 5.32 Å². The molecule has 0 saturated carbocycles. The van der Waals surface area contributed by atoms with Gasteiger partial charge in [-0.05, 0) is 20.3 Å². The van der Waals surface area contributed by atoms with E-state index in [1.807, 2.05) is 0 Å². The number of hydrogen-bond donors (Lipinski definition) is 2. The van der Waals surface area contributed by atoms with Gasteiger partial charge < -0.3 is 9.73 Å². The number of sulfone groups is 1. The third kappa shape index (κ3) is 3.27. The van der Waals surface area contributed by atoms with E-state index in [4.69, 9.17) is 9.56 Å². The van der Waals surface area contributed by atoms with Gasteiger partial charge in [0.2, 0.25) is 10.0 Å². The summed E-state index contributed by atoms with van der Waals surface area (Å²) in [6.45, 7) is 2.84. The number of nitrogens with two attached hydrogens (primary N) is 1. The second-order valence-electron chi connectivity index (χ2n) is 5.04. The molecule has 3 N–H and O–H groups in total. The lowest BCUT2D eigenvalue weighted by Crippen LogP contribution is -2.36. The van der Waals surface area contributed by atoms with Crippen molar-refractivity contribution in [2.45, 2.75) is 31.2 Å². The summed E-state index contributed by atoms with van der Waals surface area (Å²) in [6, 6.07) is -0.537. The van der Waals surface area contributed by atoms with Gasteiger partial charge in [-0.2, -0.15) is 0 Å². The zero-order valence-corrected chi connectivity index (χ0v) is 13.2. The predicted molar refractivity (Wildman–Crippen MR) is 74.1 cm³/mol. The van der Waals surface area contributed by atoms with Gasteiger partial charge in [0, 0.05) is 6.04 Å². The van der Waals surface area contributed by atoms with E-state index in [0.717, 1.165) is 0 Å². The zero-order chi connectivity index (χ0) is 16.0. The molecule has 0 aliphatic carbocycles. The monoisotopic (exact) mass is 336 g/mol. The number of aryl methyl sites for hydroxylation is 2. The van der Waals surface area contributed by atoms with Crippen molar-refractivity contribution in [2.75, 3.05) is 11.5 Å². The average molecular weight is 336 g/mol. The van der Waals surface area contributed by atoms with Crippen molar-refractivity contribution in [2.24, 2.45) is 5.14 Å². The Bertz CT molecular complexity index is 791. The second kappa shape index (κ2) is 5.11. The molecule has 0 spiro atoms. The Morgan fingerprint density at radius 2 is 1.95 bits per heavy atom. The maximum atomic E-state index is 12.2. The van der Waals surface area contributed by atoms with Crippen molar-refractivity contribution in [3.8, 4) is 0 Å². The van der Waals surface area contributed by atoms with Crippen molar-refractivity contribution in [1.82, 2.24) is 5.32 Å². The van der Waals surface area contributed by atoms with Crippen molar-refractivity contribution in [1.29, 1.82) is 0 Å². The molecule has 8 nitrogen and oxygen atoms in total. The molecule has 118 valence electrons. The number of furan rings is 1. The van der Waals surface area contributed by atoms with Crippen LogP contribution in [0.2, 0.25) is 0 Å². The van der Waals surface area contributed by atoms with Crippen LogP contribution in [0, 0.1) is 13.8 Å². The van der Waals surface area contributed by atoms with Crippen LogP contribution in [0.5, 0.6) is 0 Å². The Morgan fingerprint density at radius 1 is 1.33 bits per heavy atom. The van der Waals surface area contributed by atoms with Crippen LogP contribution in [0.3, 0.4) is 0 Å². The van der Waals surface area contributed by atoms with E-state index in [-0.39, 0.29) is 33.5 Å². The van der Waals surface area contributed by atoms with Crippen molar-refractivity contribution >= 4 is 25.8 Å². The Morgan fingerprint density at radius 3 is 2.43 bits per heavy atom. The summed E-state index contributed by atoms with van der Waals surface area (Å²) in [4.78, 5) is 11.9. The van der Waals surface area contributed by atoms with Crippen LogP contribution >= 0.6 is 0 Å². The molecule has 1 aromatic rings. The average Bonchev–Trinajstić information content (AvgIpc) is 2.77. The second-order valence-corrected chi connectivity index (χ2v) is 8.76. The zero-order valence-electron chi connectivity index (χ0n) is 11.5. The summed E-state index contributed by atoms with van der Waals surface area (Å²) < 4.78 is 51.1. The smallest absolute Gasteiger partial charge is 0.256 e. The maximum absolute atomic E-state index is 12.2. The third-order valence-corrected chi connectivity index (χ3v) is 6.11. The molecule has 0 aromatic carbocycles. The lowest BCUT2D eigenvalue weighted by Gasteiger charge is -2.11. The standard InChI is InChI=1S/C11H16N2O6S2/c1-6-9(10(7(2)19-6)21(12,17)18)11(14)13-8-3-4-20(15,16)5-8/h8H,3-5H2,1-2H3,(H,13,14)(H2,12,17,18)/t8-/m0/s1. The highest BCUT2D eigenvalue weighted by atomic mass is 32.2. The summed E-state index contributed by atoms with van der Waals surface area (Å²) in [6.07, 6.45) is 0.300. The topological polar surface area (TPSA) is 137 Å². The Hall–Kier alpha value is -1.39. The van der Waals surface area contributed by atoms with E-state index < -0.39 is 31.8 Å². The molecule has 1 aliphatic rings. The van der Waals surface area contributed by atoms with E-state index >= 15 is 0 Å². The third-order valence-electron chi connectivity index (χ3n) is 3.28. The molecule has 1 aliphatic heterocycles. The van der Waals surface area contributed by atoms with Gasteiger partial charge in [-0.25, -0.2) is 22.0 Å². The molecule has 1 atom stereocenters. The molecule has 10 heteroatoms.